The second-order valence-corrected chi connectivity index (χ2v) is 8.34. The van der Waals surface area contributed by atoms with E-state index in [1.54, 1.807) is 17.1 Å². The third-order valence-electron chi connectivity index (χ3n) is 5.84. The Morgan fingerprint density at radius 3 is 2.81 bits per heavy atom. The zero-order chi connectivity index (χ0) is 21.2. The van der Waals surface area contributed by atoms with Crippen molar-refractivity contribution in [2.75, 3.05) is 19.8 Å². The quantitative estimate of drug-likeness (QED) is 0.592. The number of benzene rings is 2. The van der Waals surface area contributed by atoms with Gasteiger partial charge in [-0.05, 0) is 42.2 Å². The summed E-state index contributed by atoms with van der Waals surface area (Å²) in [5.74, 6) is 1.54. The summed E-state index contributed by atoms with van der Waals surface area (Å²) in [7, 11) is 0. The molecule has 0 N–H and O–H groups in total. The number of amides is 1. The van der Waals surface area contributed by atoms with Crippen LogP contribution in [0.2, 0.25) is 5.02 Å². The smallest absolute Gasteiger partial charge is 0.257 e. The van der Waals surface area contributed by atoms with Crippen molar-refractivity contribution in [2.24, 2.45) is 0 Å². The van der Waals surface area contributed by atoms with E-state index in [1.807, 2.05) is 47.4 Å². The summed E-state index contributed by atoms with van der Waals surface area (Å²) >= 11 is 6.26. The Balaban J connectivity index is 1.34. The lowest BCUT2D eigenvalue weighted by Gasteiger charge is -2.25. The van der Waals surface area contributed by atoms with Gasteiger partial charge in [-0.3, -0.25) is 9.48 Å². The van der Waals surface area contributed by atoms with Crippen LogP contribution in [0.5, 0.6) is 11.5 Å². The average molecular weight is 438 g/mol. The Bertz CT molecular complexity index is 1100. The Labute approximate surface area is 186 Å². The van der Waals surface area contributed by atoms with Gasteiger partial charge in [-0.25, -0.2) is 0 Å². The number of likely N-dealkylation sites (tertiary alicyclic amines) is 1. The summed E-state index contributed by atoms with van der Waals surface area (Å²) in [4.78, 5) is 15.2. The van der Waals surface area contributed by atoms with Crippen LogP contribution < -0.4 is 9.47 Å². The van der Waals surface area contributed by atoms with Crippen molar-refractivity contribution in [3.8, 4) is 11.5 Å². The number of rotatable bonds is 4. The molecule has 7 heteroatoms. The lowest BCUT2D eigenvalue weighted by molar-refractivity contribution is 0.0735. The van der Waals surface area contributed by atoms with Gasteiger partial charge in [0, 0.05) is 24.2 Å². The fourth-order valence-electron chi connectivity index (χ4n) is 4.27. The first-order valence-corrected chi connectivity index (χ1v) is 11.0. The molecule has 1 amide bonds. The van der Waals surface area contributed by atoms with Crippen LogP contribution in [0.1, 0.15) is 46.8 Å². The number of aromatic nitrogens is 2. The van der Waals surface area contributed by atoms with Crippen molar-refractivity contribution in [1.82, 2.24) is 14.7 Å². The van der Waals surface area contributed by atoms with E-state index in [0.717, 1.165) is 48.4 Å². The van der Waals surface area contributed by atoms with Gasteiger partial charge in [0.2, 0.25) is 0 Å². The molecule has 5 rings (SSSR count). The van der Waals surface area contributed by atoms with Gasteiger partial charge in [0.05, 0.1) is 37.6 Å². The highest BCUT2D eigenvalue weighted by atomic mass is 35.5. The lowest BCUT2D eigenvalue weighted by atomic mass is 10.0. The van der Waals surface area contributed by atoms with Crippen LogP contribution in [0.3, 0.4) is 0 Å². The van der Waals surface area contributed by atoms with Crippen LogP contribution >= 0.6 is 11.6 Å². The molecule has 2 aromatic carbocycles. The molecule has 0 bridgehead atoms. The van der Waals surface area contributed by atoms with E-state index in [9.17, 15) is 4.79 Å². The van der Waals surface area contributed by atoms with Crippen LogP contribution in [0.25, 0.3) is 0 Å². The lowest BCUT2D eigenvalue weighted by Crippen LogP contribution is -2.30. The van der Waals surface area contributed by atoms with Gasteiger partial charge >= 0.3 is 0 Å². The van der Waals surface area contributed by atoms with Crippen LogP contribution in [-0.2, 0) is 6.54 Å². The van der Waals surface area contributed by atoms with Crippen molar-refractivity contribution in [3.05, 3.63) is 76.6 Å². The number of carbonyl (C=O) groups excluding carboxylic acids is 1. The van der Waals surface area contributed by atoms with E-state index in [-0.39, 0.29) is 11.9 Å². The van der Waals surface area contributed by atoms with E-state index in [0.29, 0.717) is 30.3 Å². The van der Waals surface area contributed by atoms with Crippen molar-refractivity contribution in [1.29, 1.82) is 0 Å². The predicted octanol–water partition coefficient (Wildman–Crippen LogP) is 4.72. The summed E-state index contributed by atoms with van der Waals surface area (Å²) in [6.07, 6.45) is 6.21. The second kappa shape index (κ2) is 8.63. The first-order valence-electron chi connectivity index (χ1n) is 10.7. The SMILES string of the molecule is O=C(c1cnn(Cc2ccccc2Cl)c1)N1CCCC1c1ccc2c(c1)OCCCO2. The minimum atomic E-state index is 0.0000184. The van der Waals surface area contributed by atoms with Gasteiger partial charge in [-0.15, -0.1) is 0 Å². The fraction of sp³-hybridized carbons (Fsp3) is 0.333. The van der Waals surface area contributed by atoms with E-state index < -0.39 is 0 Å². The summed E-state index contributed by atoms with van der Waals surface area (Å²) in [5, 5.41) is 5.08. The monoisotopic (exact) mass is 437 g/mol. The summed E-state index contributed by atoms with van der Waals surface area (Å²) < 4.78 is 13.3. The van der Waals surface area contributed by atoms with Gasteiger partial charge in [0.1, 0.15) is 0 Å². The molecule has 0 spiro atoms. The normalized spacial score (nSPS) is 18.1. The second-order valence-electron chi connectivity index (χ2n) is 7.93. The zero-order valence-corrected chi connectivity index (χ0v) is 17.9. The maximum absolute atomic E-state index is 13.3. The molecule has 31 heavy (non-hydrogen) atoms. The number of carbonyl (C=O) groups is 1. The molecule has 2 aliphatic rings. The minimum absolute atomic E-state index is 0.0000184. The molecular formula is C24H24ClN3O3. The highest BCUT2D eigenvalue weighted by Crippen LogP contribution is 2.38. The van der Waals surface area contributed by atoms with Gasteiger partial charge in [-0.2, -0.15) is 5.10 Å². The molecular weight excluding hydrogens is 414 g/mol. The molecule has 0 saturated carbocycles. The number of fused-ring (bicyclic) bond motifs is 1. The molecule has 0 radical (unpaired) electrons. The minimum Gasteiger partial charge on any atom is -0.490 e. The molecule has 3 aromatic rings. The van der Waals surface area contributed by atoms with Gasteiger partial charge in [0.15, 0.2) is 11.5 Å². The van der Waals surface area contributed by atoms with E-state index in [2.05, 4.69) is 5.10 Å². The molecule has 6 nitrogen and oxygen atoms in total. The largest absolute Gasteiger partial charge is 0.490 e. The van der Waals surface area contributed by atoms with Crippen molar-refractivity contribution < 1.29 is 14.3 Å². The van der Waals surface area contributed by atoms with Crippen LogP contribution in [0.15, 0.2) is 54.9 Å². The molecule has 3 heterocycles. The number of hydrogen-bond donors (Lipinski definition) is 0. The summed E-state index contributed by atoms with van der Waals surface area (Å²) in [6.45, 7) is 2.57. The Morgan fingerprint density at radius 1 is 1.10 bits per heavy atom. The topological polar surface area (TPSA) is 56.6 Å². The van der Waals surface area contributed by atoms with Crippen molar-refractivity contribution >= 4 is 17.5 Å². The van der Waals surface area contributed by atoms with Crippen LogP contribution in [0, 0.1) is 0 Å². The van der Waals surface area contributed by atoms with E-state index in [4.69, 9.17) is 21.1 Å². The molecule has 1 fully saturated rings. The Morgan fingerprint density at radius 2 is 1.94 bits per heavy atom. The number of hydrogen-bond acceptors (Lipinski definition) is 4. The van der Waals surface area contributed by atoms with Crippen LogP contribution in [0.4, 0.5) is 0 Å². The zero-order valence-electron chi connectivity index (χ0n) is 17.2. The van der Waals surface area contributed by atoms with Gasteiger partial charge in [-0.1, -0.05) is 35.9 Å². The van der Waals surface area contributed by atoms with Gasteiger partial charge in [0.25, 0.3) is 5.91 Å². The molecule has 1 atom stereocenters. The first-order chi connectivity index (χ1) is 15.2. The average Bonchev–Trinajstić information content (AvgIpc) is 3.40. The standard InChI is InChI=1S/C24H24ClN3O3/c25-20-6-2-1-5-18(20)15-27-16-19(14-26-27)24(29)28-10-3-7-21(28)17-8-9-22-23(13-17)31-12-4-11-30-22/h1-2,5-6,8-9,13-14,16,21H,3-4,7,10-12,15H2. The summed E-state index contributed by atoms with van der Waals surface area (Å²) in [5.41, 5.74) is 2.64. The number of nitrogens with zero attached hydrogens (tertiary/aromatic N) is 3. The van der Waals surface area contributed by atoms with E-state index in [1.165, 1.54) is 0 Å². The number of ether oxygens (including phenoxy) is 2. The van der Waals surface area contributed by atoms with Crippen molar-refractivity contribution in [2.45, 2.75) is 31.8 Å². The fourth-order valence-corrected chi connectivity index (χ4v) is 4.47. The molecule has 1 aromatic heterocycles. The van der Waals surface area contributed by atoms with Gasteiger partial charge < -0.3 is 14.4 Å². The molecule has 1 unspecified atom stereocenters. The predicted molar refractivity (Wildman–Crippen MR) is 118 cm³/mol. The Kier molecular flexibility index (Phi) is 5.55. The van der Waals surface area contributed by atoms with Crippen molar-refractivity contribution in [3.63, 3.8) is 0 Å². The third kappa shape index (κ3) is 4.12. The molecule has 1 saturated heterocycles. The highest BCUT2D eigenvalue weighted by Gasteiger charge is 2.32. The van der Waals surface area contributed by atoms with E-state index >= 15 is 0 Å². The molecule has 0 aliphatic carbocycles. The molecule has 2 aliphatic heterocycles. The number of halogens is 1. The molecule has 160 valence electrons. The summed E-state index contributed by atoms with van der Waals surface area (Å²) in [6, 6.07) is 13.7. The maximum Gasteiger partial charge on any atom is 0.257 e. The first kappa shape index (κ1) is 19.9. The highest BCUT2D eigenvalue weighted by molar-refractivity contribution is 6.31. The maximum atomic E-state index is 13.3. The third-order valence-corrected chi connectivity index (χ3v) is 6.21. The Hall–Kier alpha value is -2.99. The van der Waals surface area contributed by atoms with Crippen LogP contribution in [-0.4, -0.2) is 40.3 Å².